The number of benzene rings is 3. The largest absolute Gasteiger partial charge is 0.389 e. The third-order valence-corrected chi connectivity index (χ3v) is 9.05. The van der Waals surface area contributed by atoms with Gasteiger partial charge in [-0.25, -0.2) is 17.5 Å². The van der Waals surface area contributed by atoms with Crippen LogP contribution in [0.25, 0.3) is 0 Å². The van der Waals surface area contributed by atoms with E-state index in [-0.39, 0.29) is 47.7 Å². The van der Waals surface area contributed by atoms with Crippen LogP contribution in [0.5, 0.6) is 0 Å². The van der Waals surface area contributed by atoms with E-state index in [0.717, 1.165) is 16.1 Å². The van der Waals surface area contributed by atoms with Gasteiger partial charge in [0.2, 0.25) is 10.0 Å². The molecule has 0 unspecified atom stereocenters. The van der Waals surface area contributed by atoms with Crippen molar-refractivity contribution < 1.29 is 32.3 Å². The van der Waals surface area contributed by atoms with Crippen LogP contribution in [0, 0.1) is 5.82 Å². The van der Waals surface area contributed by atoms with Gasteiger partial charge in [0.25, 0.3) is 11.8 Å². The molecule has 0 fully saturated rings. The van der Waals surface area contributed by atoms with E-state index in [1.54, 1.807) is 6.92 Å². The molecule has 0 aliphatic rings. The molecule has 1 aromatic heterocycles. The minimum Gasteiger partial charge on any atom is -0.389 e. The maximum absolute atomic E-state index is 13.8. The van der Waals surface area contributed by atoms with E-state index in [0.29, 0.717) is 12.0 Å². The molecule has 3 atom stereocenters. The molecule has 4 aromatic rings. The van der Waals surface area contributed by atoms with Gasteiger partial charge in [0.05, 0.1) is 42.9 Å². The van der Waals surface area contributed by atoms with E-state index in [1.165, 1.54) is 60.4 Å². The molecule has 254 valence electrons. The first kappa shape index (κ1) is 35.9. The molecule has 0 saturated carbocycles. The molecule has 0 radical (unpaired) electrons. The maximum Gasteiger partial charge on any atom is 0.251 e. The van der Waals surface area contributed by atoms with E-state index < -0.39 is 45.8 Å². The zero-order valence-corrected chi connectivity index (χ0v) is 27.9. The summed E-state index contributed by atoms with van der Waals surface area (Å²) in [6.45, 7) is 3.43. The number of aromatic nitrogens is 3. The maximum atomic E-state index is 13.8. The molecule has 14 heteroatoms. The quantitative estimate of drug-likeness (QED) is 0.160. The highest BCUT2D eigenvalue weighted by molar-refractivity contribution is 7.92. The van der Waals surface area contributed by atoms with Crippen LogP contribution in [0.1, 0.15) is 75.1 Å². The molecule has 3 aromatic carbocycles. The van der Waals surface area contributed by atoms with Crippen molar-refractivity contribution in [3.8, 4) is 0 Å². The van der Waals surface area contributed by atoms with Gasteiger partial charge in [-0.3, -0.25) is 18.7 Å². The Bertz CT molecular complexity index is 1850. The average Bonchev–Trinajstić information content (AvgIpc) is 3.52. The van der Waals surface area contributed by atoms with Crippen molar-refractivity contribution in [1.29, 1.82) is 0 Å². The van der Waals surface area contributed by atoms with Crippen molar-refractivity contribution in [3.05, 3.63) is 113 Å². The second kappa shape index (κ2) is 15.8. The Balaban J connectivity index is 1.65. The first-order valence-corrected chi connectivity index (χ1v) is 17.2. The monoisotopic (exact) mass is 678 g/mol. The van der Waals surface area contributed by atoms with Gasteiger partial charge in [-0.15, -0.1) is 5.10 Å². The van der Waals surface area contributed by atoms with Gasteiger partial charge in [0, 0.05) is 24.6 Å². The number of aliphatic hydroxyl groups is 1. The Morgan fingerprint density at radius 2 is 1.60 bits per heavy atom. The lowest BCUT2D eigenvalue weighted by Crippen LogP contribution is -2.47. The molecule has 12 nitrogen and oxygen atoms in total. The van der Waals surface area contributed by atoms with Crippen molar-refractivity contribution in [2.24, 2.45) is 0 Å². The normalized spacial score (nSPS) is 13.3. The zero-order valence-electron chi connectivity index (χ0n) is 27.1. The van der Waals surface area contributed by atoms with Crippen LogP contribution in [-0.2, 0) is 23.0 Å². The van der Waals surface area contributed by atoms with E-state index >= 15 is 0 Å². The number of nitrogens with zero attached hydrogens (tertiary/aromatic N) is 4. The SMILES string of the molecule is CCCC(=O)c1cnnn1C[C@H](O)[C@H](Cc1ccccc1)NC(=O)c1cc(C(=O)N[C@H](C)c2ccc(F)cc2)cc(N(C)S(C)(=O)=O)c1. The lowest BCUT2D eigenvalue weighted by Gasteiger charge is -2.25. The molecule has 0 spiro atoms. The molecule has 0 aliphatic carbocycles. The fourth-order valence-corrected chi connectivity index (χ4v) is 5.52. The summed E-state index contributed by atoms with van der Waals surface area (Å²) < 4.78 is 40.6. The number of ketones is 1. The highest BCUT2D eigenvalue weighted by Gasteiger charge is 2.27. The average molecular weight is 679 g/mol. The van der Waals surface area contributed by atoms with Crippen LogP contribution in [0.15, 0.2) is 79.0 Å². The van der Waals surface area contributed by atoms with Crippen LogP contribution in [0.4, 0.5) is 10.1 Å². The number of hydrogen-bond donors (Lipinski definition) is 3. The van der Waals surface area contributed by atoms with Crippen molar-refractivity contribution in [2.45, 2.75) is 57.8 Å². The predicted octanol–water partition coefficient (Wildman–Crippen LogP) is 3.69. The third kappa shape index (κ3) is 9.32. The standard InChI is InChI=1S/C34H39FN6O6S/c1-5-9-31(42)30-20-36-39-41(30)21-32(43)29(16-23-10-7-6-8-11-23)38-34(45)26-17-25(18-28(19-26)40(3)48(4,46)47)33(44)37-22(2)24-12-14-27(35)15-13-24/h6-8,10-15,17-20,22,29,32,43H,5,9,16,21H2,1-4H3,(H,37,44)(H,38,45)/t22-,29+,32+/m1/s1. The Morgan fingerprint density at radius 1 is 0.979 bits per heavy atom. The summed E-state index contributed by atoms with van der Waals surface area (Å²) in [4.78, 5) is 39.8. The predicted molar refractivity (Wildman–Crippen MR) is 179 cm³/mol. The first-order valence-electron chi connectivity index (χ1n) is 15.4. The fourth-order valence-electron chi connectivity index (χ4n) is 5.03. The molecule has 1 heterocycles. The summed E-state index contributed by atoms with van der Waals surface area (Å²) in [5.41, 5.74) is 1.71. The highest BCUT2D eigenvalue weighted by Crippen LogP contribution is 2.23. The highest BCUT2D eigenvalue weighted by atomic mass is 32.2. The Kier molecular flexibility index (Phi) is 11.8. The van der Waals surface area contributed by atoms with Crippen molar-refractivity contribution in [3.63, 3.8) is 0 Å². The number of nitrogens with one attached hydrogen (secondary N) is 2. The minimum absolute atomic E-state index is 0.00367. The Morgan fingerprint density at radius 3 is 2.21 bits per heavy atom. The van der Waals surface area contributed by atoms with E-state index in [1.807, 2.05) is 37.3 Å². The summed E-state index contributed by atoms with van der Waals surface area (Å²) in [7, 11) is -2.48. The number of aliphatic hydroxyl groups excluding tert-OH is 1. The Labute approximate surface area is 279 Å². The van der Waals surface area contributed by atoms with Gasteiger partial charge in [-0.1, -0.05) is 54.6 Å². The number of rotatable bonds is 15. The van der Waals surface area contributed by atoms with E-state index in [2.05, 4.69) is 20.9 Å². The minimum atomic E-state index is -3.78. The molecule has 0 aliphatic heterocycles. The first-order chi connectivity index (χ1) is 22.8. The number of hydrogen-bond acceptors (Lipinski definition) is 8. The summed E-state index contributed by atoms with van der Waals surface area (Å²) in [5, 5.41) is 24.8. The van der Waals surface area contributed by atoms with Gasteiger partial charge in [0.15, 0.2) is 5.78 Å². The summed E-state index contributed by atoms with van der Waals surface area (Å²) in [5.74, 6) is -1.88. The molecule has 0 bridgehead atoms. The van der Waals surface area contributed by atoms with Gasteiger partial charge in [-0.2, -0.15) is 0 Å². The number of sulfonamides is 1. The Hall–Kier alpha value is -4.95. The van der Waals surface area contributed by atoms with Crippen LogP contribution in [0.3, 0.4) is 0 Å². The van der Waals surface area contributed by atoms with Crippen molar-refractivity contribution >= 4 is 33.3 Å². The lowest BCUT2D eigenvalue weighted by atomic mass is 9.99. The molecular formula is C34H39FN6O6S. The molecular weight excluding hydrogens is 639 g/mol. The number of carbonyl (C=O) groups is 3. The van der Waals surface area contributed by atoms with Gasteiger partial charge < -0.3 is 15.7 Å². The number of halogens is 1. The number of anilines is 1. The number of carbonyl (C=O) groups excluding carboxylic acids is 3. The van der Waals surface area contributed by atoms with Gasteiger partial charge >= 0.3 is 0 Å². The summed E-state index contributed by atoms with van der Waals surface area (Å²) in [6.07, 6.45) is 2.20. The molecule has 2 amide bonds. The topological polar surface area (TPSA) is 164 Å². The summed E-state index contributed by atoms with van der Waals surface area (Å²) >= 11 is 0. The summed E-state index contributed by atoms with van der Waals surface area (Å²) in [6, 6.07) is 17.3. The number of Topliss-reactive ketones (excluding diaryl/α,β-unsaturated/α-hetero) is 1. The molecule has 0 saturated heterocycles. The molecule has 4 rings (SSSR count). The molecule has 3 N–H and O–H groups in total. The van der Waals surface area contributed by atoms with Crippen LogP contribution < -0.4 is 14.9 Å². The van der Waals surface area contributed by atoms with Crippen molar-refractivity contribution in [2.75, 3.05) is 17.6 Å². The van der Waals surface area contributed by atoms with Crippen LogP contribution in [-0.4, -0.2) is 71.6 Å². The third-order valence-electron chi connectivity index (χ3n) is 7.84. The second-order valence-corrected chi connectivity index (χ2v) is 13.6. The van der Waals surface area contributed by atoms with Crippen molar-refractivity contribution in [1.82, 2.24) is 25.6 Å². The van der Waals surface area contributed by atoms with Crippen LogP contribution >= 0.6 is 0 Å². The fraction of sp³-hybridized carbons (Fsp3) is 0.324. The molecule has 48 heavy (non-hydrogen) atoms. The van der Waals surface area contributed by atoms with Gasteiger partial charge in [-0.05, 0) is 61.2 Å². The lowest BCUT2D eigenvalue weighted by molar-refractivity contribution is 0.0767. The van der Waals surface area contributed by atoms with E-state index in [4.69, 9.17) is 0 Å². The van der Waals surface area contributed by atoms with Gasteiger partial charge in [0.1, 0.15) is 11.5 Å². The van der Waals surface area contributed by atoms with E-state index in [9.17, 15) is 32.3 Å². The smallest absolute Gasteiger partial charge is 0.251 e. The number of amides is 2. The zero-order chi connectivity index (χ0) is 35.0. The second-order valence-electron chi connectivity index (χ2n) is 11.6. The van der Waals surface area contributed by atoms with Crippen LogP contribution in [0.2, 0.25) is 0 Å².